The second-order valence-corrected chi connectivity index (χ2v) is 1.87. The van der Waals surface area contributed by atoms with Crippen LogP contribution in [0.1, 0.15) is 5.56 Å². The van der Waals surface area contributed by atoms with Crippen molar-refractivity contribution < 1.29 is 9.23 Å². The predicted molar refractivity (Wildman–Crippen MR) is 39.8 cm³/mol. The molecule has 0 spiro atoms. The van der Waals surface area contributed by atoms with Crippen molar-refractivity contribution in [2.75, 3.05) is 7.11 Å². The van der Waals surface area contributed by atoms with Crippen LogP contribution in [0.2, 0.25) is 0 Å². The molecule has 57 valence electrons. The zero-order valence-electron chi connectivity index (χ0n) is 6.04. The largest absolute Gasteiger partial charge is 0.399 e. The highest BCUT2D eigenvalue weighted by atomic mass is 19.1. The van der Waals surface area contributed by atoms with E-state index in [0.29, 0.717) is 5.56 Å². The Morgan fingerprint density at radius 3 is 3.09 bits per heavy atom. The SMILES string of the molecule is CON=Cc1[c]c(F)ccc1. The molecule has 1 radical (unpaired) electrons. The molecular weight excluding hydrogens is 145 g/mol. The molecule has 0 heterocycles. The molecule has 3 heteroatoms. The normalized spacial score (nSPS) is 10.4. The molecule has 0 aliphatic heterocycles. The summed E-state index contributed by atoms with van der Waals surface area (Å²) in [7, 11) is 1.43. The van der Waals surface area contributed by atoms with Gasteiger partial charge in [0.25, 0.3) is 0 Å². The standard InChI is InChI=1S/C8H7FNO/c1-11-10-6-7-3-2-4-8(9)5-7/h2-4,6H,1H3. The zero-order valence-corrected chi connectivity index (χ0v) is 6.04. The predicted octanol–water partition coefficient (Wildman–Crippen LogP) is 1.61. The van der Waals surface area contributed by atoms with Crippen molar-refractivity contribution in [3.63, 3.8) is 0 Å². The molecule has 0 saturated carbocycles. The number of hydrogen-bond acceptors (Lipinski definition) is 2. The molecule has 0 atom stereocenters. The molecule has 0 unspecified atom stereocenters. The van der Waals surface area contributed by atoms with Crippen LogP contribution in [0.4, 0.5) is 4.39 Å². The highest BCUT2D eigenvalue weighted by Crippen LogP contribution is 1.98. The molecule has 0 amide bonds. The third kappa shape index (κ3) is 2.37. The lowest BCUT2D eigenvalue weighted by Gasteiger charge is -1.90. The van der Waals surface area contributed by atoms with E-state index in [1.165, 1.54) is 19.4 Å². The van der Waals surface area contributed by atoms with Crippen LogP contribution in [0.5, 0.6) is 0 Å². The molecule has 0 aromatic heterocycles. The van der Waals surface area contributed by atoms with Gasteiger partial charge >= 0.3 is 0 Å². The Morgan fingerprint density at radius 1 is 1.64 bits per heavy atom. The molecule has 0 N–H and O–H groups in total. The summed E-state index contributed by atoms with van der Waals surface area (Å²) >= 11 is 0. The number of rotatable bonds is 2. The monoisotopic (exact) mass is 152 g/mol. The third-order valence-corrected chi connectivity index (χ3v) is 1.08. The maximum absolute atomic E-state index is 12.4. The fourth-order valence-electron chi connectivity index (χ4n) is 0.642. The highest BCUT2D eigenvalue weighted by Gasteiger charge is 1.90. The minimum Gasteiger partial charge on any atom is -0.399 e. The van der Waals surface area contributed by atoms with Crippen molar-refractivity contribution in [1.82, 2.24) is 0 Å². The fraction of sp³-hybridized carbons (Fsp3) is 0.125. The Hall–Kier alpha value is -1.38. The van der Waals surface area contributed by atoms with Gasteiger partial charge in [-0.1, -0.05) is 17.3 Å². The second kappa shape index (κ2) is 3.71. The van der Waals surface area contributed by atoms with E-state index in [1.807, 2.05) is 0 Å². The molecular formula is C8H7FNO. The van der Waals surface area contributed by atoms with Crippen LogP contribution in [-0.4, -0.2) is 13.3 Å². The lowest BCUT2D eigenvalue weighted by atomic mass is 10.2. The molecule has 0 saturated heterocycles. The van der Waals surface area contributed by atoms with Gasteiger partial charge in [-0.3, -0.25) is 0 Å². The van der Waals surface area contributed by atoms with Gasteiger partial charge in [-0.05, 0) is 6.07 Å². The van der Waals surface area contributed by atoms with E-state index in [-0.39, 0.29) is 0 Å². The molecule has 0 aliphatic carbocycles. The van der Waals surface area contributed by atoms with E-state index in [1.54, 1.807) is 12.1 Å². The van der Waals surface area contributed by atoms with Crippen molar-refractivity contribution in [3.8, 4) is 0 Å². The van der Waals surface area contributed by atoms with Crippen LogP contribution >= 0.6 is 0 Å². The van der Waals surface area contributed by atoms with Gasteiger partial charge in [-0.2, -0.15) is 0 Å². The zero-order chi connectivity index (χ0) is 8.10. The van der Waals surface area contributed by atoms with Crippen LogP contribution < -0.4 is 0 Å². The maximum atomic E-state index is 12.4. The Balaban J connectivity index is 2.79. The summed E-state index contributed by atoms with van der Waals surface area (Å²) in [6.45, 7) is 0. The first-order valence-electron chi connectivity index (χ1n) is 3.07. The van der Waals surface area contributed by atoms with E-state index in [0.717, 1.165) is 0 Å². The molecule has 0 bridgehead atoms. The molecule has 0 fully saturated rings. The van der Waals surface area contributed by atoms with Crippen molar-refractivity contribution in [2.24, 2.45) is 5.16 Å². The lowest BCUT2D eigenvalue weighted by molar-refractivity contribution is 0.215. The summed E-state index contributed by atoms with van der Waals surface area (Å²) < 4.78 is 12.4. The molecule has 1 aromatic carbocycles. The topological polar surface area (TPSA) is 21.6 Å². The van der Waals surface area contributed by atoms with Crippen molar-refractivity contribution >= 4 is 6.21 Å². The Morgan fingerprint density at radius 2 is 2.45 bits per heavy atom. The Labute approximate surface area is 64.3 Å². The van der Waals surface area contributed by atoms with E-state index < -0.39 is 5.82 Å². The first kappa shape index (κ1) is 7.72. The summed E-state index contributed by atoms with van der Waals surface area (Å²) in [4.78, 5) is 4.41. The second-order valence-electron chi connectivity index (χ2n) is 1.87. The smallest absolute Gasteiger partial charge is 0.131 e. The van der Waals surface area contributed by atoms with Gasteiger partial charge in [0.1, 0.15) is 12.9 Å². The van der Waals surface area contributed by atoms with Gasteiger partial charge in [-0.15, -0.1) is 0 Å². The Kier molecular flexibility index (Phi) is 2.60. The van der Waals surface area contributed by atoms with Gasteiger partial charge < -0.3 is 4.84 Å². The minimum atomic E-state index is -0.398. The molecule has 1 aromatic rings. The van der Waals surface area contributed by atoms with Crippen LogP contribution in [0.15, 0.2) is 23.4 Å². The van der Waals surface area contributed by atoms with E-state index in [4.69, 9.17) is 0 Å². The summed E-state index contributed by atoms with van der Waals surface area (Å²) in [5.74, 6) is -0.398. The average Bonchev–Trinajstić information content (AvgIpc) is 2.01. The summed E-state index contributed by atoms with van der Waals surface area (Å²) in [5.41, 5.74) is 0.562. The number of hydrogen-bond donors (Lipinski definition) is 0. The number of oxime groups is 1. The minimum absolute atomic E-state index is 0.398. The molecule has 0 aliphatic rings. The number of nitrogens with zero attached hydrogens (tertiary/aromatic N) is 1. The summed E-state index contributed by atoms with van der Waals surface area (Å²) in [5, 5.41) is 3.46. The summed E-state index contributed by atoms with van der Waals surface area (Å²) in [6, 6.07) is 7.04. The first-order valence-corrected chi connectivity index (χ1v) is 3.07. The highest BCUT2D eigenvalue weighted by molar-refractivity contribution is 5.78. The molecule has 11 heavy (non-hydrogen) atoms. The fourth-order valence-corrected chi connectivity index (χ4v) is 0.642. The third-order valence-electron chi connectivity index (χ3n) is 1.08. The van der Waals surface area contributed by atoms with Crippen LogP contribution in [0.25, 0.3) is 0 Å². The Bertz CT molecular complexity index is 260. The first-order chi connectivity index (χ1) is 5.33. The van der Waals surface area contributed by atoms with Crippen LogP contribution in [-0.2, 0) is 4.84 Å². The van der Waals surface area contributed by atoms with Gasteiger partial charge in [0.2, 0.25) is 0 Å². The average molecular weight is 152 g/mol. The van der Waals surface area contributed by atoms with Gasteiger partial charge in [0, 0.05) is 11.6 Å². The lowest BCUT2D eigenvalue weighted by Crippen LogP contribution is -1.83. The quantitative estimate of drug-likeness (QED) is 0.466. The van der Waals surface area contributed by atoms with Crippen LogP contribution in [0, 0.1) is 11.9 Å². The molecule has 2 nitrogen and oxygen atoms in total. The molecule has 1 rings (SSSR count). The van der Waals surface area contributed by atoms with Crippen LogP contribution in [0.3, 0.4) is 0 Å². The van der Waals surface area contributed by atoms with Gasteiger partial charge in [-0.25, -0.2) is 4.39 Å². The van der Waals surface area contributed by atoms with E-state index >= 15 is 0 Å². The van der Waals surface area contributed by atoms with Gasteiger partial charge in [0.05, 0.1) is 6.21 Å². The summed E-state index contributed by atoms with van der Waals surface area (Å²) in [6.07, 6.45) is 1.39. The van der Waals surface area contributed by atoms with Crippen molar-refractivity contribution in [1.29, 1.82) is 0 Å². The van der Waals surface area contributed by atoms with Gasteiger partial charge in [0.15, 0.2) is 0 Å². The van der Waals surface area contributed by atoms with E-state index in [2.05, 4.69) is 16.1 Å². The maximum Gasteiger partial charge on any atom is 0.131 e. The number of halogens is 1. The number of benzene rings is 1. The van der Waals surface area contributed by atoms with Crippen molar-refractivity contribution in [3.05, 3.63) is 35.6 Å². The van der Waals surface area contributed by atoms with E-state index in [9.17, 15) is 4.39 Å². The van der Waals surface area contributed by atoms with Crippen molar-refractivity contribution in [2.45, 2.75) is 0 Å².